The predicted octanol–water partition coefficient (Wildman–Crippen LogP) is 4.40. The van der Waals surface area contributed by atoms with Crippen LogP contribution in [0.2, 0.25) is 5.02 Å². The highest BCUT2D eigenvalue weighted by molar-refractivity contribution is 7.14. The molecule has 21 heavy (non-hydrogen) atoms. The summed E-state index contributed by atoms with van der Waals surface area (Å²) in [4.78, 5) is 14.4. The number of halogens is 1. The first kappa shape index (κ1) is 14.1. The summed E-state index contributed by atoms with van der Waals surface area (Å²) >= 11 is 7.48. The SMILES string of the molecule is N#Cc1ccc(Cl)cc1NC(=O)c1cc2c(s1)CCCC2. The molecule has 0 atom stereocenters. The molecule has 0 radical (unpaired) electrons. The van der Waals surface area contributed by atoms with Gasteiger partial charge in [0.1, 0.15) is 6.07 Å². The Morgan fingerprint density at radius 2 is 2.10 bits per heavy atom. The topological polar surface area (TPSA) is 52.9 Å². The summed E-state index contributed by atoms with van der Waals surface area (Å²) < 4.78 is 0. The molecule has 1 aromatic carbocycles. The number of amides is 1. The van der Waals surface area contributed by atoms with E-state index >= 15 is 0 Å². The fourth-order valence-electron chi connectivity index (χ4n) is 2.50. The van der Waals surface area contributed by atoms with Gasteiger partial charge in [0.2, 0.25) is 0 Å². The molecule has 1 amide bonds. The summed E-state index contributed by atoms with van der Waals surface area (Å²) in [6.07, 6.45) is 4.51. The lowest BCUT2D eigenvalue weighted by Gasteiger charge is -2.08. The van der Waals surface area contributed by atoms with Gasteiger partial charge in [0.25, 0.3) is 5.91 Å². The van der Waals surface area contributed by atoms with Crippen molar-refractivity contribution in [3.05, 3.63) is 50.2 Å². The summed E-state index contributed by atoms with van der Waals surface area (Å²) in [6, 6.07) is 8.89. The third kappa shape index (κ3) is 2.94. The van der Waals surface area contributed by atoms with E-state index in [0.717, 1.165) is 12.8 Å². The Morgan fingerprint density at radius 3 is 2.86 bits per heavy atom. The Morgan fingerprint density at radius 1 is 1.29 bits per heavy atom. The van der Waals surface area contributed by atoms with Crippen LogP contribution in [0.1, 0.15) is 38.5 Å². The molecule has 1 aromatic heterocycles. The molecule has 0 saturated carbocycles. The van der Waals surface area contributed by atoms with Crippen molar-refractivity contribution < 1.29 is 4.79 Å². The molecule has 0 aliphatic heterocycles. The number of nitrogens with one attached hydrogen (secondary N) is 1. The van der Waals surface area contributed by atoms with Crippen LogP contribution in [0.5, 0.6) is 0 Å². The zero-order valence-electron chi connectivity index (χ0n) is 11.3. The largest absolute Gasteiger partial charge is 0.320 e. The van der Waals surface area contributed by atoms with Gasteiger partial charge in [-0.2, -0.15) is 5.26 Å². The van der Waals surface area contributed by atoms with Crippen molar-refractivity contribution in [2.75, 3.05) is 5.32 Å². The first-order chi connectivity index (χ1) is 10.2. The van der Waals surface area contributed by atoms with Gasteiger partial charge in [-0.05, 0) is 55.5 Å². The molecule has 5 heteroatoms. The number of thiophene rings is 1. The van der Waals surface area contributed by atoms with Crippen LogP contribution in [0, 0.1) is 11.3 Å². The molecule has 106 valence electrons. The van der Waals surface area contributed by atoms with Crippen molar-refractivity contribution in [1.29, 1.82) is 5.26 Å². The molecule has 0 bridgehead atoms. The maximum atomic E-state index is 12.4. The molecular formula is C16H13ClN2OS. The van der Waals surface area contributed by atoms with Crippen LogP contribution < -0.4 is 5.32 Å². The van der Waals surface area contributed by atoms with Gasteiger partial charge in [0.05, 0.1) is 16.1 Å². The number of hydrogen-bond donors (Lipinski definition) is 1. The normalized spacial score (nSPS) is 13.3. The average Bonchev–Trinajstić information content (AvgIpc) is 2.91. The van der Waals surface area contributed by atoms with Gasteiger partial charge < -0.3 is 5.32 Å². The van der Waals surface area contributed by atoms with E-state index in [0.29, 0.717) is 21.2 Å². The number of nitriles is 1. The number of rotatable bonds is 2. The molecule has 0 saturated heterocycles. The highest BCUT2D eigenvalue weighted by Gasteiger charge is 2.18. The molecule has 3 nitrogen and oxygen atoms in total. The highest BCUT2D eigenvalue weighted by Crippen LogP contribution is 2.30. The Kier molecular flexibility index (Phi) is 3.96. The second-order valence-corrected chi connectivity index (χ2v) is 6.60. The van der Waals surface area contributed by atoms with E-state index in [-0.39, 0.29) is 5.91 Å². The lowest BCUT2D eigenvalue weighted by Crippen LogP contribution is -2.11. The number of nitrogens with zero attached hydrogens (tertiary/aromatic N) is 1. The standard InChI is InChI=1S/C16H13ClN2OS/c17-12-6-5-11(9-18)13(8-12)19-16(20)15-7-10-3-1-2-4-14(10)21-15/h5-8H,1-4H2,(H,19,20). The van der Waals surface area contributed by atoms with Crippen molar-refractivity contribution in [2.45, 2.75) is 25.7 Å². The molecule has 0 spiro atoms. The van der Waals surface area contributed by atoms with Gasteiger partial charge >= 0.3 is 0 Å². The number of aryl methyl sites for hydroxylation is 2. The quantitative estimate of drug-likeness (QED) is 0.892. The summed E-state index contributed by atoms with van der Waals surface area (Å²) in [6.45, 7) is 0. The number of carbonyl (C=O) groups is 1. The lowest BCUT2D eigenvalue weighted by atomic mass is 9.99. The van der Waals surface area contributed by atoms with Crippen molar-refractivity contribution in [3.63, 3.8) is 0 Å². The van der Waals surface area contributed by atoms with Crippen molar-refractivity contribution in [3.8, 4) is 6.07 Å². The minimum absolute atomic E-state index is 0.173. The average molecular weight is 317 g/mol. The summed E-state index contributed by atoms with van der Waals surface area (Å²) in [5.74, 6) is -0.173. The van der Waals surface area contributed by atoms with Crippen LogP contribution in [-0.2, 0) is 12.8 Å². The Labute approximate surface area is 132 Å². The molecule has 1 aliphatic carbocycles. The van der Waals surface area contributed by atoms with E-state index in [1.165, 1.54) is 23.3 Å². The molecule has 3 rings (SSSR count). The molecule has 2 aromatic rings. The van der Waals surface area contributed by atoms with Gasteiger partial charge in [0.15, 0.2) is 0 Å². The molecule has 1 N–H and O–H groups in total. The van der Waals surface area contributed by atoms with Gasteiger partial charge in [-0.15, -0.1) is 11.3 Å². The van der Waals surface area contributed by atoms with Crippen molar-refractivity contribution in [1.82, 2.24) is 0 Å². The van der Waals surface area contributed by atoms with Crippen LogP contribution in [0.15, 0.2) is 24.3 Å². The Balaban J connectivity index is 1.85. The minimum Gasteiger partial charge on any atom is -0.320 e. The number of carbonyl (C=O) groups excluding carboxylic acids is 1. The van der Waals surface area contributed by atoms with E-state index < -0.39 is 0 Å². The van der Waals surface area contributed by atoms with Gasteiger partial charge in [-0.25, -0.2) is 0 Å². The van der Waals surface area contributed by atoms with E-state index in [1.807, 2.05) is 6.07 Å². The van der Waals surface area contributed by atoms with Crippen molar-refractivity contribution in [2.24, 2.45) is 0 Å². The Bertz CT molecular complexity index is 722. The smallest absolute Gasteiger partial charge is 0.265 e. The first-order valence-electron chi connectivity index (χ1n) is 6.80. The molecular weight excluding hydrogens is 304 g/mol. The van der Waals surface area contributed by atoms with Gasteiger partial charge in [-0.1, -0.05) is 11.6 Å². The van der Waals surface area contributed by atoms with Crippen molar-refractivity contribution >= 4 is 34.5 Å². The molecule has 1 heterocycles. The zero-order valence-corrected chi connectivity index (χ0v) is 12.9. The van der Waals surface area contributed by atoms with E-state index in [4.69, 9.17) is 16.9 Å². The number of hydrogen-bond acceptors (Lipinski definition) is 3. The van der Waals surface area contributed by atoms with Crippen LogP contribution in [-0.4, -0.2) is 5.91 Å². The summed E-state index contributed by atoms with van der Waals surface area (Å²) in [5, 5.41) is 12.4. The molecule has 0 unspecified atom stereocenters. The van der Waals surface area contributed by atoms with Crippen LogP contribution in [0.25, 0.3) is 0 Å². The van der Waals surface area contributed by atoms with E-state index in [1.54, 1.807) is 29.5 Å². The fourth-order valence-corrected chi connectivity index (χ4v) is 3.82. The van der Waals surface area contributed by atoms with Gasteiger partial charge in [-0.3, -0.25) is 4.79 Å². The predicted molar refractivity (Wildman–Crippen MR) is 85.1 cm³/mol. The van der Waals surface area contributed by atoms with Crippen LogP contribution in [0.4, 0.5) is 5.69 Å². The Hall–Kier alpha value is -1.83. The summed E-state index contributed by atoms with van der Waals surface area (Å²) in [7, 11) is 0. The van der Waals surface area contributed by atoms with Crippen LogP contribution >= 0.6 is 22.9 Å². The van der Waals surface area contributed by atoms with E-state index in [2.05, 4.69) is 11.4 Å². The summed E-state index contributed by atoms with van der Waals surface area (Å²) in [5.41, 5.74) is 2.17. The van der Waals surface area contributed by atoms with E-state index in [9.17, 15) is 4.79 Å². The monoisotopic (exact) mass is 316 g/mol. The lowest BCUT2D eigenvalue weighted by molar-refractivity contribution is 0.103. The number of benzene rings is 1. The second-order valence-electron chi connectivity index (χ2n) is 5.02. The number of fused-ring (bicyclic) bond motifs is 1. The third-order valence-electron chi connectivity index (χ3n) is 3.57. The fraction of sp³-hybridized carbons (Fsp3) is 0.250. The third-order valence-corrected chi connectivity index (χ3v) is 5.04. The van der Waals surface area contributed by atoms with Gasteiger partial charge in [0, 0.05) is 9.90 Å². The molecule has 1 aliphatic rings. The molecule has 0 fully saturated rings. The highest BCUT2D eigenvalue weighted by atomic mass is 35.5. The van der Waals surface area contributed by atoms with Crippen LogP contribution in [0.3, 0.4) is 0 Å². The maximum Gasteiger partial charge on any atom is 0.265 e. The second kappa shape index (κ2) is 5.88. The minimum atomic E-state index is -0.173. The first-order valence-corrected chi connectivity index (χ1v) is 7.99. The maximum absolute atomic E-state index is 12.4. The number of anilines is 1. The zero-order chi connectivity index (χ0) is 14.8.